The Hall–Kier alpha value is -0.800. The van der Waals surface area contributed by atoms with Crippen molar-refractivity contribution in [2.75, 3.05) is 20.6 Å². The van der Waals surface area contributed by atoms with Crippen molar-refractivity contribution in [1.29, 1.82) is 0 Å². The maximum atomic E-state index is 9.33. The maximum absolute atomic E-state index is 9.33. The van der Waals surface area contributed by atoms with Crippen molar-refractivity contribution < 1.29 is 5.11 Å². The topological polar surface area (TPSA) is 28.4 Å². The molecule has 0 spiro atoms. The molecule has 1 heterocycles. The number of hydrogen-bond donors (Lipinski definition) is 1. The second-order valence-corrected chi connectivity index (χ2v) is 4.02. The Labute approximate surface area is 86.0 Å². The summed E-state index contributed by atoms with van der Waals surface area (Å²) in [6, 6.07) is 1.97. The molecule has 1 N–H and O–H groups in total. The third-order valence-corrected chi connectivity index (χ3v) is 2.28. The highest BCUT2D eigenvalue weighted by Gasteiger charge is 2.02. The van der Waals surface area contributed by atoms with Crippen LogP contribution in [-0.2, 0) is 6.54 Å². The molecular formula is C11H20N2O. The summed E-state index contributed by atoms with van der Waals surface area (Å²) < 4.78 is 2.13. The lowest BCUT2D eigenvalue weighted by Gasteiger charge is -2.09. The SMILES string of the molecule is CC(O)c1ccn(CCCN(C)C)c1. The molecule has 1 atom stereocenters. The molecule has 1 aromatic rings. The standard InChI is InChI=1S/C11H20N2O/c1-10(14)11-5-8-13(9-11)7-4-6-12(2)3/h5,8-10,14H,4,6-7H2,1-3H3. The molecule has 80 valence electrons. The van der Waals surface area contributed by atoms with Crippen LogP contribution in [-0.4, -0.2) is 35.2 Å². The molecule has 0 aliphatic heterocycles. The lowest BCUT2D eigenvalue weighted by molar-refractivity contribution is 0.199. The fourth-order valence-electron chi connectivity index (χ4n) is 1.42. The Morgan fingerprint density at radius 3 is 2.71 bits per heavy atom. The lowest BCUT2D eigenvalue weighted by atomic mass is 10.2. The van der Waals surface area contributed by atoms with Crippen LogP contribution in [0.1, 0.15) is 25.0 Å². The minimum absolute atomic E-state index is 0.356. The highest BCUT2D eigenvalue weighted by molar-refractivity contribution is 5.12. The van der Waals surface area contributed by atoms with Gasteiger partial charge in [0, 0.05) is 18.9 Å². The van der Waals surface area contributed by atoms with Crippen molar-refractivity contribution in [3.8, 4) is 0 Å². The smallest absolute Gasteiger partial charge is 0.0776 e. The van der Waals surface area contributed by atoms with E-state index in [1.54, 1.807) is 6.92 Å². The number of aryl methyl sites for hydroxylation is 1. The van der Waals surface area contributed by atoms with Gasteiger partial charge in [0.2, 0.25) is 0 Å². The highest BCUT2D eigenvalue weighted by atomic mass is 16.3. The molecule has 0 saturated carbocycles. The molecule has 0 fully saturated rings. The fraction of sp³-hybridized carbons (Fsp3) is 0.636. The van der Waals surface area contributed by atoms with Crippen LogP contribution < -0.4 is 0 Å². The van der Waals surface area contributed by atoms with Gasteiger partial charge in [0.25, 0.3) is 0 Å². The first kappa shape index (κ1) is 11.3. The van der Waals surface area contributed by atoms with E-state index in [1.165, 1.54) is 0 Å². The number of aromatic nitrogens is 1. The molecular weight excluding hydrogens is 176 g/mol. The Morgan fingerprint density at radius 2 is 2.21 bits per heavy atom. The van der Waals surface area contributed by atoms with E-state index in [2.05, 4.69) is 23.6 Å². The van der Waals surface area contributed by atoms with Gasteiger partial charge in [-0.1, -0.05) is 0 Å². The van der Waals surface area contributed by atoms with Crippen molar-refractivity contribution in [3.63, 3.8) is 0 Å². The second kappa shape index (κ2) is 5.17. The van der Waals surface area contributed by atoms with Gasteiger partial charge in [-0.25, -0.2) is 0 Å². The highest BCUT2D eigenvalue weighted by Crippen LogP contribution is 2.11. The fourth-order valence-corrected chi connectivity index (χ4v) is 1.42. The van der Waals surface area contributed by atoms with Gasteiger partial charge in [0.15, 0.2) is 0 Å². The zero-order valence-electron chi connectivity index (χ0n) is 9.27. The van der Waals surface area contributed by atoms with E-state index in [4.69, 9.17) is 0 Å². The molecule has 14 heavy (non-hydrogen) atoms. The zero-order chi connectivity index (χ0) is 10.6. The van der Waals surface area contributed by atoms with Crippen molar-refractivity contribution >= 4 is 0 Å². The van der Waals surface area contributed by atoms with Gasteiger partial charge in [-0.3, -0.25) is 0 Å². The van der Waals surface area contributed by atoms with Crippen LogP contribution in [0, 0.1) is 0 Å². The Kier molecular flexibility index (Phi) is 4.17. The minimum atomic E-state index is -0.356. The molecule has 1 aromatic heterocycles. The largest absolute Gasteiger partial charge is 0.389 e. The Balaban J connectivity index is 2.36. The second-order valence-electron chi connectivity index (χ2n) is 4.02. The normalized spacial score (nSPS) is 13.5. The third kappa shape index (κ3) is 3.52. The lowest BCUT2D eigenvalue weighted by Crippen LogP contribution is -2.14. The predicted molar refractivity (Wildman–Crippen MR) is 58.2 cm³/mol. The molecule has 0 amide bonds. The first-order valence-corrected chi connectivity index (χ1v) is 5.08. The average Bonchev–Trinajstić information content (AvgIpc) is 2.52. The van der Waals surface area contributed by atoms with Crippen molar-refractivity contribution in [3.05, 3.63) is 24.0 Å². The van der Waals surface area contributed by atoms with Gasteiger partial charge in [0.05, 0.1) is 6.10 Å². The number of aliphatic hydroxyl groups is 1. The van der Waals surface area contributed by atoms with Crippen LogP contribution in [0.4, 0.5) is 0 Å². The molecule has 0 saturated heterocycles. The van der Waals surface area contributed by atoms with Crippen LogP contribution in [0.2, 0.25) is 0 Å². The number of nitrogens with zero attached hydrogens (tertiary/aromatic N) is 2. The average molecular weight is 196 g/mol. The summed E-state index contributed by atoms with van der Waals surface area (Å²) in [5.74, 6) is 0. The van der Waals surface area contributed by atoms with E-state index in [1.807, 2.05) is 18.5 Å². The van der Waals surface area contributed by atoms with Crippen LogP contribution in [0.25, 0.3) is 0 Å². The third-order valence-electron chi connectivity index (χ3n) is 2.28. The van der Waals surface area contributed by atoms with Gasteiger partial charge >= 0.3 is 0 Å². The summed E-state index contributed by atoms with van der Waals surface area (Å²) in [6.45, 7) is 3.91. The zero-order valence-corrected chi connectivity index (χ0v) is 9.27. The molecule has 1 rings (SSSR count). The van der Waals surface area contributed by atoms with E-state index < -0.39 is 0 Å². The summed E-state index contributed by atoms with van der Waals surface area (Å²) in [4.78, 5) is 2.18. The van der Waals surface area contributed by atoms with Gasteiger partial charge in [-0.2, -0.15) is 0 Å². The molecule has 1 unspecified atom stereocenters. The van der Waals surface area contributed by atoms with Gasteiger partial charge in [0.1, 0.15) is 0 Å². The van der Waals surface area contributed by atoms with E-state index >= 15 is 0 Å². The predicted octanol–water partition coefficient (Wildman–Crippen LogP) is 1.49. The monoisotopic (exact) mass is 196 g/mol. The Morgan fingerprint density at radius 1 is 1.50 bits per heavy atom. The molecule has 3 heteroatoms. The van der Waals surface area contributed by atoms with Gasteiger partial charge in [-0.15, -0.1) is 0 Å². The quantitative estimate of drug-likeness (QED) is 0.773. The molecule has 3 nitrogen and oxygen atoms in total. The summed E-state index contributed by atoms with van der Waals surface area (Å²) in [7, 11) is 4.16. The summed E-state index contributed by atoms with van der Waals surface area (Å²) in [5.41, 5.74) is 0.995. The van der Waals surface area contributed by atoms with Crippen molar-refractivity contribution in [2.45, 2.75) is 26.0 Å². The van der Waals surface area contributed by atoms with Crippen molar-refractivity contribution in [1.82, 2.24) is 9.47 Å². The minimum Gasteiger partial charge on any atom is -0.389 e. The summed E-state index contributed by atoms with van der Waals surface area (Å²) >= 11 is 0. The van der Waals surface area contributed by atoms with E-state index in [9.17, 15) is 5.11 Å². The van der Waals surface area contributed by atoms with Gasteiger partial charge < -0.3 is 14.6 Å². The first-order chi connectivity index (χ1) is 6.59. The van der Waals surface area contributed by atoms with Crippen LogP contribution in [0.5, 0.6) is 0 Å². The van der Waals surface area contributed by atoms with E-state index in [0.29, 0.717) is 0 Å². The van der Waals surface area contributed by atoms with E-state index in [-0.39, 0.29) is 6.10 Å². The molecule has 0 aliphatic carbocycles. The number of hydrogen-bond acceptors (Lipinski definition) is 2. The summed E-state index contributed by atoms with van der Waals surface area (Å²) in [6.07, 6.45) is 4.82. The first-order valence-electron chi connectivity index (χ1n) is 5.08. The van der Waals surface area contributed by atoms with Crippen LogP contribution >= 0.6 is 0 Å². The molecule has 0 radical (unpaired) electrons. The van der Waals surface area contributed by atoms with E-state index in [0.717, 1.165) is 25.1 Å². The number of rotatable bonds is 5. The molecule has 0 aliphatic rings. The van der Waals surface area contributed by atoms with Crippen LogP contribution in [0.3, 0.4) is 0 Å². The summed E-state index contributed by atoms with van der Waals surface area (Å²) in [5, 5.41) is 9.33. The number of aliphatic hydroxyl groups excluding tert-OH is 1. The Bertz CT molecular complexity index is 266. The van der Waals surface area contributed by atoms with Gasteiger partial charge in [-0.05, 0) is 45.6 Å². The maximum Gasteiger partial charge on any atom is 0.0776 e. The van der Waals surface area contributed by atoms with Crippen LogP contribution in [0.15, 0.2) is 18.5 Å². The molecule has 0 bridgehead atoms. The molecule has 0 aromatic carbocycles. The van der Waals surface area contributed by atoms with Crippen molar-refractivity contribution in [2.24, 2.45) is 0 Å².